The number of halogens is 2. The lowest BCUT2D eigenvalue weighted by Crippen LogP contribution is -2.05. The molecule has 0 aliphatic rings. The molecule has 0 atom stereocenters. The fraction of sp³-hybridized carbons (Fsp3) is 0.263. The minimum atomic E-state index is -0.126. The molecule has 0 aliphatic heterocycles. The molecular formula is C19H19Br2N3O2. The van der Waals surface area contributed by atoms with E-state index in [0.717, 1.165) is 32.2 Å². The summed E-state index contributed by atoms with van der Waals surface area (Å²) in [6, 6.07) is 9.39. The van der Waals surface area contributed by atoms with Gasteiger partial charge in [-0.15, -0.1) is 0 Å². The summed E-state index contributed by atoms with van der Waals surface area (Å²) in [4.78, 5) is 19.2. The third-order valence-corrected chi connectivity index (χ3v) is 4.82. The summed E-state index contributed by atoms with van der Waals surface area (Å²) >= 11 is 7.00. The minimum Gasteiger partial charge on any atom is -0.455 e. The fourth-order valence-electron chi connectivity index (χ4n) is 2.64. The van der Waals surface area contributed by atoms with Crippen LogP contribution in [0.5, 0.6) is 11.5 Å². The molecule has 3 rings (SSSR count). The van der Waals surface area contributed by atoms with Gasteiger partial charge in [-0.1, -0.05) is 13.8 Å². The molecule has 136 valence electrons. The van der Waals surface area contributed by atoms with E-state index in [1.165, 1.54) is 6.92 Å². The number of fused-ring (bicyclic) bond motifs is 1. The lowest BCUT2D eigenvalue weighted by molar-refractivity contribution is -0.114. The normalized spacial score (nSPS) is 11.2. The van der Waals surface area contributed by atoms with Gasteiger partial charge in [0, 0.05) is 25.1 Å². The monoisotopic (exact) mass is 479 g/mol. The summed E-state index contributed by atoms with van der Waals surface area (Å²) in [6.07, 6.45) is 0.909. The van der Waals surface area contributed by atoms with Crippen LogP contribution in [-0.2, 0) is 11.2 Å². The quantitative estimate of drug-likeness (QED) is 0.468. The van der Waals surface area contributed by atoms with Crippen molar-refractivity contribution in [1.82, 2.24) is 9.97 Å². The number of hydrogen-bond donors (Lipinski definition) is 2. The van der Waals surface area contributed by atoms with E-state index in [4.69, 9.17) is 4.74 Å². The number of nitrogens with zero attached hydrogens (tertiary/aromatic N) is 1. The number of aromatic nitrogens is 2. The maximum absolute atomic E-state index is 11.2. The molecule has 7 heteroatoms. The van der Waals surface area contributed by atoms with Gasteiger partial charge < -0.3 is 15.0 Å². The Morgan fingerprint density at radius 3 is 2.54 bits per heavy atom. The van der Waals surface area contributed by atoms with Crippen molar-refractivity contribution in [1.29, 1.82) is 0 Å². The number of rotatable bonds is 5. The summed E-state index contributed by atoms with van der Waals surface area (Å²) in [5, 5.41) is 2.75. The van der Waals surface area contributed by atoms with Crippen LogP contribution in [0.15, 0.2) is 39.3 Å². The van der Waals surface area contributed by atoms with E-state index < -0.39 is 0 Å². The highest BCUT2D eigenvalue weighted by Crippen LogP contribution is 2.39. The Morgan fingerprint density at radius 2 is 1.92 bits per heavy atom. The van der Waals surface area contributed by atoms with Gasteiger partial charge in [0.2, 0.25) is 5.91 Å². The molecule has 0 unspecified atom stereocenters. The van der Waals surface area contributed by atoms with Gasteiger partial charge in [0.25, 0.3) is 0 Å². The number of ether oxygens (including phenoxy) is 1. The van der Waals surface area contributed by atoms with Gasteiger partial charge in [-0.2, -0.15) is 0 Å². The van der Waals surface area contributed by atoms with Crippen molar-refractivity contribution in [3.8, 4) is 11.5 Å². The van der Waals surface area contributed by atoms with Crippen LogP contribution in [0.2, 0.25) is 0 Å². The van der Waals surface area contributed by atoms with Crippen molar-refractivity contribution in [3.63, 3.8) is 0 Å². The number of hydrogen-bond acceptors (Lipinski definition) is 3. The summed E-state index contributed by atoms with van der Waals surface area (Å²) in [5.41, 5.74) is 2.55. The predicted octanol–water partition coefficient (Wildman–Crippen LogP) is 6.04. The first-order chi connectivity index (χ1) is 12.3. The molecule has 2 N–H and O–H groups in total. The second kappa shape index (κ2) is 7.80. The Bertz CT molecular complexity index is 944. The lowest BCUT2D eigenvalue weighted by Gasteiger charge is -2.12. The van der Waals surface area contributed by atoms with E-state index in [1.54, 1.807) is 12.1 Å². The molecule has 0 saturated carbocycles. The van der Waals surface area contributed by atoms with E-state index in [0.29, 0.717) is 23.1 Å². The van der Waals surface area contributed by atoms with E-state index in [2.05, 4.69) is 61.0 Å². The predicted molar refractivity (Wildman–Crippen MR) is 111 cm³/mol. The number of imidazole rings is 1. The Balaban J connectivity index is 1.87. The van der Waals surface area contributed by atoms with Crippen molar-refractivity contribution in [2.75, 3.05) is 5.32 Å². The lowest BCUT2D eigenvalue weighted by atomic mass is 10.1. The molecule has 0 fully saturated rings. The number of nitrogens with one attached hydrogen (secondary N) is 2. The van der Waals surface area contributed by atoms with Gasteiger partial charge in [0.1, 0.15) is 11.6 Å². The number of benzene rings is 2. The van der Waals surface area contributed by atoms with Gasteiger partial charge in [0.15, 0.2) is 5.75 Å². The van der Waals surface area contributed by atoms with Crippen LogP contribution in [0.25, 0.3) is 11.0 Å². The number of carbonyl (C=O) groups is 1. The SMILES string of the molecule is CC(=O)Nc1cc(Br)c(Oc2ccc3[nH]c(CC(C)C)nc3c2)c(Br)c1. The van der Waals surface area contributed by atoms with Crippen LogP contribution in [0.3, 0.4) is 0 Å². The maximum atomic E-state index is 11.2. The van der Waals surface area contributed by atoms with Crippen LogP contribution < -0.4 is 10.1 Å². The number of amides is 1. The number of aromatic amines is 1. The number of H-pyrrole nitrogens is 1. The highest BCUT2D eigenvalue weighted by molar-refractivity contribution is 9.11. The summed E-state index contributed by atoms with van der Waals surface area (Å²) in [5.74, 6) is 2.72. The Morgan fingerprint density at radius 1 is 1.23 bits per heavy atom. The zero-order valence-electron chi connectivity index (χ0n) is 14.7. The van der Waals surface area contributed by atoms with Crippen molar-refractivity contribution in [2.45, 2.75) is 27.2 Å². The van der Waals surface area contributed by atoms with Crippen LogP contribution >= 0.6 is 31.9 Å². The molecule has 0 spiro atoms. The average Bonchev–Trinajstić information content (AvgIpc) is 2.90. The number of carbonyl (C=O) groups excluding carboxylic acids is 1. The van der Waals surface area contributed by atoms with Gasteiger partial charge >= 0.3 is 0 Å². The van der Waals surface area contributed by atoms with Crippen molar-refractivity contribution >= 4 is 54.5 Å². The average molecular weight is 481 g/mol. The molecule has 1 heterocycles. The zero-order chi connectivity index (χ0) is 18.8. The third kappa shape index (κ3) is 4.45. The largest absolute Gasteiger partial charge is 0.455 e. The third-order valence-electron chi connectivity index (χ3n) is 3.64. The Hall–Kier alpha value is -1.86. The number of anilines is 1. The highest BCUT2D eigenvalue weighted by Gasteiger charge is 2.12. The molecule has 3 aromatic rings. The second-order valence-corrected chi connectivity index (χ2v) is 8.22. The summed E-state index contributed by atoms with van der Waals surface area (Å²) in [6.45, 7) is 5.81. The first kappa shape index (κ1) is 18.9. The first-order valence-electron chi connectivity index (χ1n) is 8.25. The molecule has 26 heavy (non-hydrogen) atoms. The molecule has 2 aromatic carbocycles. The molecule has 0 aliphatic carbocycles. The summed E-state index contributed by atoms with van der Waals surface area (Å²) in [7, 11) is 0. The summed E-state index contributed by atoms with van der Waals surface area (Å²) < 4.78 is 7.51. The standard InChI is InChI=1S/C19H19Br2N3O2/c1-10(2)6-18-23-16-5-4-13(9-17(16)24-18)26-19-14(20)7-12(8-15(19)21)22-11(3)25/h4-5,7-10H,6H2,1-3H3,(H,22,25)(H,23,24). The highest BCUT2D eigenvalue weighted by atomic mass is 79.9. The fourth-order valence-corrected chi connectivity index (χ4v) is 3.98. The van der Waals surface area contributed by atoms with E-state index in [1.807, 2.05) is 18.2 Å². The van der Waals surface area contributed by atoms with Crippen LogP contribution in [-0.4, -0.2) is 15.9 Å². The van der Waals surface area contributed by atoms with Gasteiger partial charge in [-0.05, 0) is 62.0 Å². The van der Waals surface area contributed by atoms with E-state index in [-0.39, 0.29) is 5.91 Å². The molecule has 5 nitrogen and oxygen atoms in total. The van der Waals surface area contributed by atoms with E-state index >= 15 is 0 Å². The minimum absolute atomic E-state index is 0.126. The first-order valence-corrected chi connectivity index (χ1v) is 9.83. The van der Waals surface area contributed by atoms with Crippen LogP contribution in [0, 0.1) is 5.92 Å². The molecule has 1 amide bonds. The maximum Gasteiger partial charge on any atom is 0.221 e. The molecule has 0 bridgehead atoms. The van der Waals surface area contributed by atoms with Crippen LogP contribution in [0.4, 0.5) is 5.69 Å². The van der Waals surface area contributed by atoms with Crippen molar-refractivity contribution in [2.24, 2.45) is 5.92 Å². The van der Waals surface area contributed by atoms with Gasteiger partial charge in [-0.25, -0.2) is 4.98 Å². The smallest absolute Gasteiger partial charge is 0.221 e. The second-order valence-electron chi connectivity index (χ2n) is 6.51. The topological polar surface area (TPSA) is 67.0 Å². The van der Waals surface area contributed by atoms with Crippen LogP contribution in [0.1, 0.15) is 26.6 Å². The molecule has 1 aromatic heterocycles. The van der Waals surface area contributed by atoms with E-state index in [9.17, 15) is 4.79 Å². The zero-order valence-corrected chi connectivity index (χ0v) is 17.9. The molecular weight excluding hydrogens is 462 g/mol. The van der Waals surface area contributed by atoms with Gasteiger partial charge in [0.05, 0.1) is 20.0 Å². The van der Waals surface area contributed by atoms with Crippen molar-refractivity contribution < 1.29 is 9.53 Å². The molecule has 0 saturated heterocycles. The molecule has 0 radical (unpaired) electrons. The Labute approximate surface area is 168 Å². The van der Waals surface area contributed by atoms with Crippen molar-refractivity contribution in [3.05, 3.63) is 45.1 Å². The Kier molecular flexibility index (Phi) is 5.67. The van der Waals surface area contributed by atoms with Gasteiger partial charge in [-0.3, -0.25) is 4.79 Å².